The first kappa shape index (κ1) is 24.5. The Balaban J connectivity index is 5.12. The van der Waals surface area contributed by atoms with Crippen molar-refractivity contribution < 1.29 is 9.47 Å². The quantitative estimate of drug-likeness (QED) is 0.188. The van der Waals surface area contributed by atoms with Crippen LogP contribution < -0.4 is 0 Å². The SMILES string of the molecule is CCC[CH2][Sn](/[CH]=C\C(C)C(OCC)OCC)([CH2]CCC)[CH2]CCC. The van der Waals surface area contributed by atoms with Crippen molar-refractivity contribution in [2.24, 2.45) is 5.92 Å². The molecule has 0 spiro atoms. The molecule has 1 unspecified atom stereocenters. The fourth-order valence-corrected chi connectivity index (χ4v) is 18.0. The molecule has 3 heteroatoms. The molecule has 0 saturated carbocycles. The van der Waals surface area contributed by atoms with Gasteiger partial charge in [0.1, 0.15) is 0 Å². The van der Waals surface area contributed by atoms with Crippen LogP contribution in [0, 0.1) is 5.92 Å². The third-order valence-electron chi connectivity index (χ3n) is 4.93. The van der Waals surface area contributed by atoms with Crippen LogP contribution in [-0.4, -0.2) is 37.9 Å². The summed E-state index contributed by atoms with van der Waals surface area (Å²) in [6.45, 7) is 14.8. The molecule has 0 amide bonds. The fourth-order valence-electron chi connectivity index (χ4n) is 3.34. The molecule has 0 aliphatic carbocycles. The van der Waals surface area contributed by atoms with Crippen molar-refractivity contribution in [1.82, 2.24) is 0 Å². The second kappa shape index (κ2) is 15.7. The number of ether oxygens (including phenoxy) is 2. The number of hydrogen-bond donors (Lipinski definition) is 0. The summed E-state index contributed by atoms with van der Waals surface area (Å²) in [5.41, 5.74) is 0. The van der Waals surface area contributed by atoms with Crippen molar-refractivity contribution in [3.63, 3.8) is 0 Å². The summed E-state index contributed by atoms with van der Waals surface area (Å²) in [4.78, 5) is 0. The Hall–Kier alpha value is 0.459. The minimum atomic E-state index is -2.16. The van der Waals surface area contributed by atoms with Crippen molar-refractivity contribution in [1.29, 1.82) is 0 Å². The molecule has 0 aliphatic heterocycles. The Morgan fingerprint density at radius 1 is 0.750 bits per heavy atom. The molecule has 0 rings (SSSR count). The van der Waals surface area contributed by atoms with E-state index in [1.165, 1.54) is 51.8 Å². The molecule has 0 saturated heterocycles. The number of rotatable bonds is 16. The Morgan fingerprint density at radius 3 is 1.50 bits per heavy atom. The zero-order chi connectivity index (χ0) is 18.3. The summed E-state index contributed by atoms with van der Waals surface area (Å²) in [5, 5.41) is 0. The Kier molecular flexibility index (Phi) is 16.0. The Morgan fingerprint density at radius 2 is 1.17 bits per heavy atom. The maximum absolute atomic E-state index is 5.80. The van der Waals surface area contributed by atoms with Crippen molar-refractivity contribution in [3.8, 4) is 0 Å². The summed E-state index contributed by atoms with van der Waals surface area (Å²) >= 11 is -2.16. The summed E-state index contributed by atoms with van der Waals surface area (Å²) in [6, 6.07) is 0. The van der Waals surface area contributed by atoms with Crippen molar-refractivity contribution in [2.75, 3.05) is 13.2 Å². The van der Waals surface area contributed by atoms with Gasteiger partial charge in [0.15, 0.2) is 0 Å². The third kappa shape index (κ3) is 10.4. The number of hydrogen-bond acceptors (Lipinski definition) is 2. The molecule has 1 atom stereocenters. The summed E-state index contributed by atoms with van der Waals surface area (Å²) < 4.78 is 18.9. The normalized spacial score (nSPS) is 14.0. The molecule has 0 fully saturated rings. The first-order chi connectivity index (χ1) is 11.6. The molecule has 0 bridgehead atoms. The minimum absolute atomic E-state index is 0.0798. The van der Waals surface area contributed by atoms with Crippen LogP contribution in [0.15, 0.2) is 10.2 Å². The van der Waals surface area contributed by atoms with Gasteiger partial charge in [0.2, 0.25) is 0 Å². The van der Waals surface area contributed by atoms with Gasteiger partial charge in [0.25, 0.3) is 0 Å². The first-order valence-electron chi connectivity index (χ1n) is 10.5. The summed E-state index contributed by atoms with van der Waals surface area (Å²) in [5.74, 6) is 0.353. The van der Waals surface area contributed by atoms with Gasteiger partial charge in [0, 0.05) is 0 Å². The van der Waals surface area contributed by atoms with Gasteiger partial charge in [-0.2, -0.15) is 0 Å². The molecule has 0 heterocycles. The zero-order valence-electron chi connectivity index (χ0n) is 17.4. The van der Waals surface area contributed by atoms with Gasteiger partial charge >= 0.3 is 157 Å². The van der Waals surface area contributed by atoms with E-state index >= 15 is 0 Å². The van der Waals surface area contributed by atoms with Gasteiger partial charge in [-0.25, -0.2) is 0 Å². The molecular weight excluding hydrogens is 403 g/mol. The fraction of sp³-hybridized carbons (Fsp3) is 0.905. The van der Waals surface area contributed by atoms with Crippen LogP contribution in [0.25, 0.3) is 0 Å². The van der Waals surface area contributed by atoms with E-state index in [0.29, 0.717) is 5.92 Å². The van der Waals surface area contributed by atoms with Crippen LogP contribution in [0.3, 0.4) is 0 Å². The van der Waals surface area contributed by atoms with E-state index in [0.717, 1.165) is 13.2 Å². The number of unbranched alkanes of at least 4 members (excludes halogenated alkanes) is 3. The predicted octanol–water partition coefficient (Wildman–Crippen LogP) is 6.97. The standard InChI is InChI=1S/C9H17O2.3C4H9.Sn/c1-5-8(4)9(10-6-2)11-7-3;3*1-3-4-2;/h1,5,8-9H,6-7H2,2-4H3;3*1,3-4H2,2H3;. The first-order valence-corrected chi connectivity index (χ1v) is 18.2. The molecule has 0 aromatic heterocycles. The Labute approximate surface area is 156 Å². The molecule has 0 radical (unpaired) electrons. The van der Waals surface area contributed by atoms with Crippen molar-refractivity contribution >= 4 is 18.4 Å². The zero-order valence-corrected chi connectivity index (χ0v) is 20.3. The van der Waals surface area contributed by atoms with E-state index in [1.807, 2.05) is 0 Å². The molecule has 0 aliphatic rings. The predicted molar refractivity (Wildman–Crippen MR) is 110 cm³/mol. The summed E-state index contributed by atoms with van der Waals surface area (Å²) in [7, 11) is 0. The topological polar surface area (TPSA) is 18.5 Å². The third-order valence-corrected chi connectivity index (χ3v) is 19.1. The van der Waals surface area contributed by atoms with Crippen LogP contribution in [0.5, 0.6) is 0 Å². The van der Waals surface area contributed by atoms with Gasteiger partial charge in [-0.1, -0.05) is 0 Å². The second-order valence-electron chi connectivity index (χ2n) is 7.17. The molecule has 0 N–H and O–H groups in total. The van der Waals surface area contributed by atoms with Crippen LogP contribution >= 0.6 is 0 Å². The monoisotopic (exact) mass is 448 g/mol. The molecule has 2 nitrogen and oxygen atoms in total. The van der Waals surface area contributed by atoms with E-state index < -0.39 is 18.4 Å². The maximum atomic E-state index is 5.80. The Bertz CT molecular complexity index is 276. The van der Waals surface area contributed by atoms with Gasteiger partial charge in [-0.05, 0) is 0 Å². The van der Waals surface area contributed by atoms with Crippen molar-refractivity contribution in [3.05, 3.63) is 10.2 Å². The van der Waals surface area contributed by atoms with Gasteiger partial charge < -0.3 is 0 Å². The van der Waals surface area contributed by atoms with Crippen LogP contribution in [0.2, 0.25) is 13.3 Å². The average molecular weight is 447 g/mol. The van der Waals surface area contributed by atoms with Crippen LogP contribution in [-0.2, 0) is 9.47 Å². The molecule has 0 aromatic rings. The van der Waals surface area contributed by atoms with E-state index in [9.17, 15) is 0 Å². The van der Waals surface area contributed by atoms with E-state index in [-0.39, 0.29) is 6.29 Å². The molecular formula is C21H44O2Sn. The second-order valence-corrected chi connectivity index (χ2v) is 20.2. The van der Waals surface area contributed by atoms with Gasteiger partial charge in [-0.3, -0.25) is 0 Å². The molecule has 144 valence electrons. The van der Waals surface area contributed by atoms with Crippen LogP contribution in [0.1, 0.15) is 80.1 Å². The molecule has 0 aromatic carbocycles. The van der Waals surface area contributed by atoms with Crippen LogP contribution in [0.4, 0.5) is 0 Å². The summed E-state index contributed by atoms with van der Waals surface area (Å²) in [6.07, 6.45) is 10.6. The van der Waals surface area contributed by atoms with Gasteiger partial charge in [0.05, 0.1) is 0 Å². The van der Waals surface area contributed by atoms with E-state index in [4.69, 9.17) is 9.47 Å². The van der Waals surface area contributed by atoms with Gasteiger partial charge in [-0.15, -0.1) is 0 Å². The molecule has 24 heavy (non-hydrogen) atoms. The van der Waals surface area contributed by atoms with Crippen molar-refractivity contribution in [2.45, 2.75) is 99.7 Å². The average Bonchev–Trinajstić information content (AvgIpc) is 2.60. The van der Waals surface area contributed by atoms with E-state index in [2.05, 4.69) is 51.7 Å². The van der Waals surface area contributed by atoms with E-state index in [1.54, 1.807) is 0 Å².